The molecule has 1 amide bonds. The van der Waals surface area contributed by atoms with E-state index in [1.54, 1.807) is 19.1 Å². The molecular formula is C24H25NO5. The lowest BCUT2D eigenvalue weighted by Gasteiger charge is -2.32. The summed E-state index contributed by atoms with van der Waals surface area (Å²) in [5, 5.41) is 2.75. The molecule has 30 heavy (non-hydrogen) atoms. The number of benzene rings is 2. The largest absolute Gasteiger partial charge is 0.467 e. The van der Waals surface area contributed by atoms with Crippen LogP contribution in [0.15, 0.2) is 83.5 Å². The van der Waals surface area contributed by atoms with Crippen molar-refractivity contribution in [3.8, 4) is 0 Å². The summed E-state index contributed by atoms with van der Waals surface area (Å²) in [5.41, 5.74) is -0.204. The Hall–Kier alpha value is -3.38. The summed E-state index contributed by atoms with van der Waals surface area (Å²) < 4.78 is 16.7. The molecule has 3 rings (SSSR count). The van der Waals surface area contributed by atoms with Crippen molar-refractivity contribution in [2.75, 3.05) is 13.2 Å². The number of hydrogen-bond acceptors (Lipinski definition) is 5. The van der Waals surface area contributed by atoms with Crippen LogP contribution in [0.5, 0.6) is 0 Å². The minimum atomic E-state index is -1.47. The van der Waals surface area contributed by atoms with Crippen molar-refractivity contribution >= 4 is 11.9 Å². The molecule has 0 aliphatic carbocycles. The predicted molar refractivity (Wildman–Crippen MR) is 112 cm³/mol. The van der Waals surface area contributed by atoms with Gasteiger partial charge in [0.05, 0.1) is 12.3 Å². The summed E-state index contributed by atoms with van der Waals surface area (Å²) >= 11 is 0. The minimum absolute atomic E-state index is 0.278. The third-order valence-electron chi connectivity index (χ3n) is 4.69. The smallest absolute Gasteiger partial charge is 0.348 e. The molecule has 2 aromatic carbocycles. The summed E-state index contributed by atoms with van der Waals surface area (Å²) in [6.45, 7) is 3.45. The fourth-order valence-corrected chi connectivity index (χ4v) is 3.31. The lowest BCUT2D eigenvalue weighted by Crippen LogP contribution is -2.43. The van der Waals surface area contributed by atoms with Gasteiger partial charge in [0.15, 0.2) is 6.61 Å². The van der Waals surface area contributed by atoms with Gasteiger partial charge >= 0.3 is 5.97 Å². The Morgan fingerprint density at radius 2 is 1.57 bits per heavy atom. The molecule has 0 aliphatic rings. The fraction of sp³-hybridized carbons (Fsp3) is 0.250. The summed E-state index contributed by atoms with van der Waals surface area (Å²) in [5.74, 6) is -0.465. The van der Waals surface area contributed by atoms with Crippen LogP contribution in [-0.4, -0.2) is 25.1 Å². The average Bonchev–Trinajstić information content (AvgIpc) is 3.32. The van der Waals surface area contributed by atoms with E-state index in [-0.39, 0.29) is 12.6 Å². The maximum atomic E-state index is 13.3. The molecule has 1 heterocycles. The van der Waals surface area contributed by atoms with Crippen molar-refractivity contribution < 1.29 is 23.5 Å². The van der Waals surface area contributed by atoms with Crippen LogP contribution >= 0.6 is 0 Å². The molecule has 0 saturated heterocycles. The zero-order chi connectivity index (χ0) is 21.4. The first-order valence-corrected chi connectivity index (χ1v) is 9.83. The summed E-state index contributed by atoms with van der Waals surface area (Å²) in [6.07, 6.45) is 1.54. The second-order valence-corrected chi connectivity index (χ2v) is 6.73. The van der Waals surface area contributed by atoms with Gasteiger partial charge in [-0.2, -0.15) is 0 Å². The van der Waals surface area contributed by atoms with Gasteiger partial charge in [-0.1, -0.05) is 60.7 Å². The number of ether oxygens (including phenoxy) is 2. The normalized spacial score (nSPS) is 12.2. The van der Waals surface area contributed by atoms with Crippen LogP contribution in [0.3, 0.4) is 0 Å². The summed E-state index contributed by atoms with van der Waals surface area (Å²) in [7, 11) is 0. The number of carbonyl (C=O) groups is 2. The molecule has 0 bridgehead atoms. The van der Waals surface area contributed by atoms with E-state index in [2.05, 4.69) is 5.32 Å². The van der Waals surface area contributed by atoms with Gasteiger partial charge in [-0.3, -0.25) is 4.79 Å². The number of carbonyl (C=O) groups excluding carboxylic acids is 2. The molecule has 0 saturated carbocycles. The highest BCUT2D eigenvalue weighted by molar-refractivity contribution is 5.88. The summed E-state index contributed by atoms with van der Waals surface area (Å²) in [4.78, 5) is 25.7. The van der Waals surface area contributed by atoms with Crippen LogP contribution < -0.4 is 5.32 Å². The van der Waals surface area contributed by atoms with E-state index < -0.39 is 24.1 Å². The quantitative estimate of drug-likeness (QED) is 0.543. The van der Waals surface area contributed by atoms with Crippen LogP contribution in [0.1, 0.15) is 36.8 Å². The van der Waals surface area contributed by atoms with Crippen molar-refractivity contribution in [2.24, 2.45) is 0 Å². The molecule has 1 atom stereocenters. The third kappa shape index (κ3) is 4.60. The van der Waals surface area contributed by atoms with E-state index in [0.717, 1.165) is 0 Å². The zero-order valence-electron chi connectivity index (χ0n) is 17.0. The first-order valence-electron chi connectivity index (χ1n) is 9.83. The molecular weight excluding hydrogens is 382 g/mol. The van der Waals surface area contributed by atoms with Crippen molar-refractivity contribution in [3.05, 3.63) is 95.9 Å². The van der Waals surface area contributed by atoms with Gasteiger partial charge in [0.2, 0.25) is 5.60 Å². The van der Waals surface area contributed by atoms with Gasteiger partial charge in [0.25, 0.3) is 5.91 Å². The molecule has 3 aromatic rings. The Kier molecular flexibility index (Phi) is 7.03. The molecule has 0 fully saturated rings. The standard InChI is InChI=1S/C24H25NO5/c1-3-30-24(19-11-6-4-7-12-19,20-13-8-5-9-14-20)23(27)29-17-22(26)25-18(2)21-15-10-16-28-21/h4-16,18H,3,17H2,1-2H3,(H,25,26)/t18-/m0/s1. The Labute approximate surface area is 175 Å². The highest BCUT2D eigenvalue weighted by Gasteiger charge is 2.45. The second-order valence-electron chi connectivity index (χ2n) is 6.73. The highest BCUT2D eigenvalue weighted by atomic mass is 16.6. The first-order chi connectivity index (χ1) is 14.6. The van der Waals surface area contributed by atoms with Crippen LogP contribution in [0, 0.1) is 0 Å². The first kappa shape index (κ1) is 21.3. The lowest BCUT2D eigenvalue weighted by molar-refractivity contribution is -0.170. The Morgan fingerprint density at radius 1 is 0.967 bits per heavy atom. The number of amides is 1. The predicted octanol–water partition coefficient (Wildman–Crippen LogP) is 3.98. The van der Waals surface area contributed by atoms with E-state index in [4.69, 9.17) is 13.9 Å². The molecule has 1 N–H and O–H groups in total. The third-order valence-corrected chi connectivity index (χ3v) is 4.69. The maximum absolute atomic E-state index is 13.3. The number of esters is 1. The number of furan rings is 1. The number of rotatable bonds is 9. The van der Waals surface area contributed by atoms with Gasteiger partial charge in [0.1, 0.15) is 5.76 Å². The number of hydrogen-bond donors (Lipinski definition) is 1. The fourth-order valence-electron chi connectivity index (χ4n) is 3.31. The van der Waals surface area contributed by atoms with Crippen molar-refractivity contribution in [3.63, 3.8) is 0 Å². The maximum Gasteiger partial charge on any atom is 0.348 e. The van der Waals surface area contributed by atoms with Crippen LogP contribution in [0.4, 0.5) is 0 Å². The SMILES string of the molecule is CCOC(C(=O)OCC(=O)N[C@@H](C)c1ccco1)(c1ccccc1)c1ccccc1. The van der Waals surface area contributed by atoms with E-state index in [9.17, 15) is 9.59 Å². The second kappa shape index (κ2) is 9.89. The topological polar surface area (TPSA) is 77.8 Å². The molecule has 0 unspecified atom stereocenters. The average molecular weight is 407 g/mol. The molecule has 6 heteroatoms. The Bertz CT molecular complexity index is 899. The van der Waals surface area contributed by atoms with Crippen molar-refractivity contribution in [1.82, 2.24) is 5.32 Å². The molecule has 1 aromatic heterocycles. The van der Waals surface area contributed by atoms with Gasteiger partial charge < -0.3 is 19.2 Å². The molecule has 0 aliphatic heterocycles. The van der Waals surface area contributed by atoms with Gasteiger partial charge in [-0.25, -0.2) is 4.79 Å². The highest BCUT2D eigenvalue weighted by Crippen LogP contribution is 2.35. The van der Waals surface area contributed by atoms with Crippen LogP contribution in [0.25, 0.3) is 0 Å². The van der Waals surface area contributed by atoms with Crippen molar-refractivity contribution in [2.45, 2.75) is 25.5 Å². The van der Waals surface area contributed by atoms with Crippen LogP contribution in [-0.2, 0) is 24.7 Å². The van der Waals surface area contributed by atoms with Crippen LogP contribution in [0.2, 0.25) is 0 Å². The molecule has 6 nitrogen and oxygen atoms in total. The Morgan fingerprint density at radius 3 is 2.07 bits per heavy atom. The minimum Gasteiger partial charge on any atom is -0.467 e. The zero-order valence-corrected chi connectivity index (χ0v) is 17.0. The van der Waals surface area contributed by atoms with E-state index in [1.807, 2.05) is 67.6 Å². The molecule has 156 valence electrons. The van der Waals surface area contributed by atoms with Gasteiger partial charge in [-0.05, 0) is 37.1 Å². The molecule has 0 spiro atoms. The number of nitrogens with one attached hydrogen (secondary N) is 1. The summed E-state index contributed by atoms with van der Waals surface area (Å²) in [6, 6.07) is 21.4. The van der Waals surface area contributed by atoms with Crippen molar-refractivity contribution in [1.29, 1.82) is 0 Å². The Balaban J connectivity index is 1.81. The van der Waals surface area contributed by atoms with E-state index in [0.29, 0.717) is 16.9 Å². The van der Waals surface area contributed by atoms with E-state index in [1.165, 1.54) is 6.26 Å². The van der Waals surface area contributed by atoms with Gasteiger partial charge in [-0.15, -0.1) is 0 Å². The molecule has 0 radical (unpaired) electrons. The monoisotopic (exact) mass is 407 g/mol. The van der Waals surface area contributed by atoms with Gasteiger partial charge in [0, 0.05) is 6.61 Å². The van der Waals surface area contributed by atoms with E-state index >= 15 is 0 Å². The lowest BCUT2D eigenvalue weighted by atomic mass is 9.86.